The summed E-state index contributed by atoms with van der Waals surface area (Å²) in [6.07, 6.45) is 0.697. The van der Waals surface area contributed by atoms with Crippen molar-refractivity contribution in [2.24, 2.45) is 5.41 Å². The number of aldehydes is 1. The molecule has 0 N–H and O–H groups in total. The van der Waals surface area contributed by atoms with Crippen LogP contribution in [0.1, 0.15) is 20.8 Å². The molecule has 0 bridgehead atoms. The molecule has 0 aromatic heterocycles. The lowest BCUT2D eigenvalue weighted by atomic mass is 9.95. The van der Waals surface area contributed by atoms with Crippen molar-refractivity contribution in [2.45, 2.75) is 26.6 Å². The third kappa shape index (κ3) is 2.01. The Bertz CT molecular complexity index is 153. The molecule has 1 heterocycles. The Hall–Kier alpha value is -0.410. The van der Waals surface area contributed by atoms with Gasteiger partial charge in [-0.25, -0.2) is 0 Å². The molecular formula is C8H14O3. The zero-order chi connectivity index (χ0) is 8.54. The summed E-state index contributed by atoms with van der Waals surface area (Å²) in [6.45, 7) is 6.86. The van der Waals surface area contributed by atoms with Crippen molar-refractivity contribution < 1.29 is 14.3 Å². The van der Waals surface area contributed by atoms with Crippen LogP contribution in [0.5, 0.6) is 0 Å². The average Bonchev–Trinajstić information content (AvgIpc) is 1.97. The van der Waals surface area contributed by atoms with Crippen LogP contribution in [-0.4, -0.2) is 25.3 Å². The zero-order valence-electron chi connectivity index (χ0n) is 7.22. The van der Waals surface area contributed by atoms with Gasteiger partial charge in [-0.15, -0.1) is 0 Å². The molecule has 1 aliphatic rings. The summed E-state index contributed by atoms with van der Waals surface area (Å²) >= 11 is 0. The second-order valence-electron chi connectivity index (χ2n) is 3.88. The van der Waals surface area contributed by atoms with E-state index in [9.17, 15) is 4.79 Å². The summed E-state index contributed by atoms with van der Waals surface area (Å²) in [7, 11) is 0. The molecule has 0 aromatic rings. The number of hydrogen-bond donors (Lipinski definition) is 0. The van der Waals surface area contributed by atoms with Crippen LogP contribution >= 0.6 is 0 Å². The molecule has 0 radical (unpaired) electrons. The Morgan fingerprint density at radius 2 is 1.64 bits per heavy atom. The largest absolute Gasteiger partial charge is 0.343 e. The van der Waals surface area contributed by atoms with E-state index < -0.39 is 5.79 Å². The molecule has 1 fully saturated rings. The quantitative estimate of drug-likeness (QED) is 0.533. The van der Waals surface area contributed by atoms with E-state index in [1.807, 2.05) is 13.8 Å². The summed E-state index contributed by atoms with van der Waals surface area (Å²) in [5.74, 6) is -1.00. The molecule has 0 spiro atoms. The minimum atomic E-state index is -1.00. The maximum absolute atomic E-state index is 10.4. The highest BCUT2D eigenvalue weighted by atomic mass is 16.7. The molecule has 0 unspecified atom stereocenters. The Kier molecular flexibility index (Phi) is 2.03. The van der Waals surface area contributed by atoms with E-state index in [2.05, 4.69) is 0 Å². The van der Waals surface area contributed by atoms with E-state index in [0.717, 1.165) is 0 Å². The minimum Gasteiger partial charge on any atom is -0.343 e. The predicted octanol–water partition coefficient (Wildman–Crippen LogP) is 0.975. The number of ether oxygens (including phenoxy) is 2. The third-order valence-electron chi connectivity index (χ3n) is 1.71. The topological polar surface area (TPSA) is 35.5 Å². The average molecular weight is 158 g/mol. The van der Waals surface area contributed by atoms with Crippen molar-refractivity contribution in [1.29, 1.82) is 0 Å². The van der Waals surface area contributed by atoms with E-state index in [-0.39, 0.29) is 5.41 Å². The number of rotatable bonds is 1. The molecule has 11 heavy (non-hydrogen) atoms. The number of carbonyl (C=O) groups is 1. The van der Waals surface area contributed by atoms with Crippen LogP contribution in [-0.2, 0) is 14.3 Å². The van der Waals surface area contributed by atoms with Crippen LogP contribution in [0.25, 0.3) is 0 Å². The maximum Gasteiger partial charge on any atom is 0.222 e. The van der Waals surface area contributed by atoms with Crippen molar-refractivity contribution >= 4 is 6.29 Å². The Morgan fingerprint density at radius 3 is 2.00 bits per heavy atom. The molecule has 1 aliphatic heterocycles. The van der Waals surface area contributed by atoms with Gasteiger partial charge in [-0.3, -0.25) is 4.79 Å². The van der Waals surface area contributed by atoms with Crippen LogP contribution in [0.15, 0.2) is 0 Å². The molecule has 3 heteroatoms. The second-order valence-corrected chi connectivity index (χ2v) is 3.88. The van der Waals surface area contributed by atoms with Gasteiger partial charge >= 0.3 is 0 Å². The molecule has 0 aliphatic carbocycles. The van der Waals surface area contributed by atoms with Crippen LogP contribution in [0.2, 0.25) is 0 Å². The normalized spacial score (nSPS) is 27.9. The van der Waals surface area contributed by atoms with E-state index in [0.29, 0.717) is 19.5 Å². The molecule has 0 atom stereocenters. The van der Waals surface area contributed by atoms with Gasteiger partial charge < -0.3 is 9.47 Å². The molecular weight excluding hydrogens is 144 g/mol. The van der Waals surface area contributed by atoms with Gasteiger partial charge in [0.15, 0.2) is 6.29 Å². The summed E-state index contributed by atoms with van der Waals surface area (Å²) in [6, 6.07) is 0. The standard InChI is InChI=1S/C8H14O3/c1-7(2)5-10-8(3,4-9)11-6-7/h4H,5-6H2,1-3H3. The molecule has 1 rings (SSSR count). The summed E-state index contributed by atoms with van der Waals surface area (Å²) in [5, 5.41) is 0. The smallest absolute Gasteiger partial charge is 0.222 e. The highest BCUT2D eigenvalue weighted by Crippen LogP contribution is 2.27. The SMILES string of the molecule is CC1(C)COC(C)(C=O)OC1. The van der Waals surface area contributed by atoms with Crippen LogP contribution in [0.4, 0.5) is 0 Å². The third-order valence-corrected chi connectivity index (χ3v) is 1.71. The van der Waals surface area contributed by atoms with Crippen LogP contribution in [0.3, 0.4) is 0 Å². The molecule has 0 amide bonds. The highest BCUT2D eigenvalue weighted by Gasteiger charge is 2.36. The lowest BCUT2D eigenvalue weighted by Gasteiger charge is -2.38. The van der Waals surface area contributed by atoms with Crippen molar-refractivity contribution in [2.75, 3.05) is 13.2 Å². The monoisotopic (exact) mass is 158 g/mol. The molecule has 3 nitrogen and oxygen atoms in total. The van der Waals surface area contributed by atoms with Gasteiger partial charge in [-0.05, 0) is 6.92 Å². The first-order valence-corrected chi connectivity index (χ1v) is 3.72. The van der Waals surface area contributed by atoms with Gasteiger partial charge in [0.25, 0.3) is 0 Å². The molecule has 0 aromatic carbocycles. The van der Waals surface area contributed by atoms with E-state index >= 15 is 0 Å². The minimum absolute atomic E-state index is 0.0303. The first-order valence-electron chi connectivity index (χ1n) is 3.72. The lowest BCUT2D eigenvalue weighted by Crippen LogP contribution is -2.46. The van der Waals surface area contributed by atoms with Gasteiger partial charge in [-0.2, -0.15) is 0 Å². The summed E-state index contributed by atoms with van der Waals surface area (Å²) < 4.78 is 10.5. The Balaban J connectivity index is 2.54. The summed E-state index contributed by atoms with van der Waals surface area (Å²) in [5.41, 5.74) is 0.0303. The van der Waals surface area contributed by atoms with Crippen molar-refractivity contribution in [3.8, 4) is 0 Å². The maximum atomic E-state index is 10.4. The van der Waals surface area contributed by atoms with Gasteiger partial charge in [0.2, 0.25) is 5.79 Å². The number of carbonyl (C=O) groups excluding carboxylic acids is 1. The molecule has 1 saturated heterocycles. The summed E-state index contributed by atoms with van der Waals surface area (Å²) in [4.78, 5) is 10.4. The van der Waals surface area contributed by atoms with Gasteiger partial charge in [-0.1, -0.05) is 13.8 Å². The van der Waals surface area contributed by atoms with E-state index in [4.69, 9.17) is 9.47 Å². The van der Waals surface area contributed by atoms with Gasteiger partial charge in [0.1, 0.15) is 0 Å². The van der Waals surface area contributed by atoms with Crippen LogP contribution in [0, 0.1) is 5.41 Å². The predicted molar refractivity (Wildman–Crippen MR) is 40.2 cm³/mol. The van der Waals surface area contributed by atoms with Crippen LogP contribution < -0.4 is 0 Å². The van der Waals surface area contributed by atoms with Gasteiger partial charge in [0.05, 0.1) is 13.2 Å². The van der Waals surface area contributed by atoms with Crippen molar-refractivity contribution in [1.82, 2.24) is 0 Å². The lowest BCUT2D eigenvalue weighted by molar-refractivity contribution is -0.266. The fourth-order valence-electron chi connectivity index (χ4n) is 0.829. The zero-order valence-corrected chi connectivity index (χ0v) is 7.22. The highest BCUT2D eigenvalue weighted by molar-refractivity contribution is 5.59. The fourth-order valence-corrected chi connectivity index (χ4v) is 0.829. The van der Waals surface area contributed by atoms with E-state index in [1.54, 1.807) is 6.92 Å². The Labute approximate surface area is 66.7 Å². The first-order chi connectivity index (χ1) is 4.97. The van der Waals surface area contributed by atoms with Crippen molar-refractivity contribution in [3.63, 3.8) is 0 Å². The first kappa shape index (κ1) is 8.68. The number of hydrogen-bond acceptors (Lipinski definition) is 3. The fraction of sp³-hybridized carbons (Fsp3) is 0.875. The van der Waals surface area contributed by atoms with Crippen molar-refractivity contribution in [3.05, 3.63) is 0 Å². The Morgan fingerprint density at radius 1 is 1.18 bits per heavy atom. The van der Waals surface area contributed by atoms with E-state index in [1.165, 1.54) is 0 Å². The molecule has 0 saturated carbocycles. The molecule has 64 valence electrons. The van der Waals surface area contributed by atoms with Gasteiger partial charge in [0, 0.05) is 5.41 Å². The second kappa shape index (κ2) is 2.57.